The molecule has 1 fully saturated rings. The van der Waals surface area contributed by atoms with Crippen molar-refractivity contribution in [3.63, 3.8) is 0 Å². The zero-order valence-corrected chi connectivity index (χ0v) is 11.1. The van der Waals surface area contributed by atoms with Crippen LogP contribution in [0.15, 0.2) is 34.3 Å². The van der Waals surface area contributed by atoms with Gasteiger partial charge < -0.3 is 9.32 Å². The van der Waals surface area contributed by atoms with Crippen LogP contribution in [0.1, 0.15) is 39.9 Å². The van der Waals surface area contributed by atoms with Gasteiger partial charge in [0.25, 0.3) is 5.91 Å². The summed E-state index contributed by atoms with van der Waals surface area (Å²) in [4.78, 5) is 15.8. The Labute approximate surface area is 110 Å². The molecule has 1 aliphatic rings. The molecule has 2 aromatic heterocycles. The number of rotatable bonds is 2. The Hall–Kier alpha value is -1.55. The maximum absolute atomic E-state index is 12.5. The van der Waals surface area contributed by atoms with Crippen LogP contribution >= 0.6 is 11.3 Å². The first-order chi connectivity index (χ1) is 8.77. The van der Waals surface area contributed by atoms with Crippen LogP contribution < -0.4 is 0 Å². The molecule has 0 N–H and O–H groups in total. The molecule has 18 heavy (non-hydrogen) atoms. The number of carbonyl (C=O) groups excluding carboxylic acids is 1. The molecule has 0 radical (unpaired) electrons. The first kappa shape index (κ1) is 11.5. The van der Waals surface area contributed by atoms with E-state index in [0.717, 1.165) is 19.4 Å². The van der Waals surface area contributed by atoms with E-state index in [2.05, 4.69) is 11.4 Å². The minimum Gasteiger partial charge on any atom is -0.469 e. The monoisotopic (exact) mass is 261 g/mol. The highest BCUT2D eigenvalue weighted by Crippen LogP contribution is 2.35. The second-order valence-electron chi connectivity index (χ2n) is 4.56. The Morgan fingerprint density at radius 3 is 3.06 bits per heavy atom. The van der Waals surface area contributed by atoms with Gasteiger partial charge in [0.1, 0.15) is 5.76 Å². The Morgan fingerprint density at radius 1 is 1.50 bits per heavy atom. The van der Waals surface area contributed by atoms with E-state index in [1.807, 2.05) is 17.9 Å². The van der Waals surface area contributed by atoms with Gasteiger partial charge in [-0.3, -0.25) is 4.79 Å². The van der Waals surface area contributed by atoms with Crippen LogP contribution in [0.4, 0.5) is 0 Å². The van der Waals surface area contributed by atoms with E-state index in [9.17, 15) is 4.79 Å². The minimum absolute atomic E-state index is 0.0946. The second kappa shape index (κ2) is 4.61. The van der Waals surface area contributed by atoms with E-state index in [-0.39, 0.29) is 11.9 Å². The lowest BCUT2D eigenvalue weighted by atomic mass is 10.1. The number of amides is 1. The van der Waals surface area contributed by atoms with Crippen molar-refractivity contribution in [1.29, 1.82) is 0 Å². The molecule has 1 aliphatic heterocycles. The fraction of sp³-hybridized carbons (Fsp3) is 0.357. The molecule has 1 unspecified atom stereocenters. The second-order valence-corrected chi connectivity index (χ2v) is 5.54. The van der Waals surface area contributed by atoms with Crippen LogP contribution in [0.5, 0.6) is 0 Å². The molecule has 0 aromatic carbocycles. The van der Waals surface area contributed by atoms with Crippen molar-refractivity contribution in [2.45, 2.75) is 25.8 Å². The summed E-state index contributed by atoms with van der Waals surface area (Å²) in [7, 11) is 0. The Kier molecular flexibility index (Phi) is 2.96. The maximum Gasteiger partial charge on any atom is 0.257 e. The van der Waals surface area contributed by atoms with Gasteiger partial charge >= 0.3 is 0 Å². The fourth-order valence-electron chi connectivity index (χ4n) is 2.55. The van der Waals surface area contributed by atoms with Crippen molar-refractivity contribution in [3.05, 3.63) is 46.0 Å². The van der Waals surface area contributed by atoms with Gasteiger partial charge in [0.05, 0.1) is 17.9 Å². The number of hydrogen-bond donors (Lipinski definition) is 0. The normalized spacial score (nSPS) is 19.4. The van der Waals surface area contributed by atoms with Crippen molar-refractivity contribution in [1.82, 2.24) is 4.90 Å². The average molecular weight is 261 g/mol. The van der Waals surface area contributed by atoms with Gasteiger partial charge in [-0.05, 0) is 37.3 Å². The fourth-order valence-corrected chi connectivity index (χ4v) is 3.42. The van der Waals surface area contributed by atoms with E-state index in [1.54, 1.807) is 23.7 Å². The highest BCUT2D eigenvalue weighted by Gasteiger charge is 2.32. The molecule has 3 heterocycles. The predicted octanol–water partition coefficient (Wildman–Crippen LogP) is 3.63. The standard InChI is InChI=1S/C14H15NO2S/c1-10-11(6-8-17-10)14(16)15-7-2-4-12(15)13-5-3-9-18-13/h3,5-6,8-9,12H,2,4,7H2,1H3. The maximum atomic E-state index is 12.5. The van der Waals surface area contributed by atoms with Gasteiger partial charge in [-0.2, -0.15) is 0 Å². The van der Waals surface area contributed by atoms with E-state index < -0.39 is 0 Å². The zero-order valence-electron chi connectivity index (χ0n) is 10.3. The third kappa shape index (κ3) is 1.86. The Bertz CT molecular complexity index is 544. The largest absolute Gasteiger partial charge is 0.469 e. The number of carbonyl (C=O) groups is 1. The van der Waals surface area contributed by atoms with Crippen molar-refractivity contribution >= 4 is 17.2 Å². The zero-order chi connectivity index (χ0) is 12.5. The molecule has 0 saturated carbocycles. The van der Waals surface area contributed by atoms with Crippen LogP contribution in [-0.4, -0.2) is 17.4 Å². The molecule has 4 heteroatoms. The number of nitrogens with zero attached hydrogens (tertiary/aromatic N) is 1. The summed E-state index contributed by atoms with van der Waals surface area (Å²) in [6.45, 7) is 2.68. The summed E-state index contributed by atoms with van der Waals surface area (Å²) in [5, 5.41) is 2.07. The first-order valence-corrected chi connectivity index (χ1v) is 7.04. The summed E-state index contributed by atoms with van der Waals surface area (Å²) < 4.78 is 5.23. The number of thiophene rings is 1. The van der Waals surface area contributed by atoms with Gasteiger partial charge in [0.2, 0.25) is 0 Å². The summed E-state index contributed by atoms with van der Waals surface area (Å²) in [5.74, 6) is 0.800. The van der Waals surface area contributed by atoms with Gasteiger partial charge in [0, 0.05) is 11.4 Å². The van der Waals surface area contributed by atoms with Gasteiger partial charge in [-0.15, -0.1) is 11.3 Å². The predicted molar refractivity (Wildman–Crippen MR) is 70.8 cm³/mol. The third-order valence-electron chi connectivity index (χ3n) is 3.47. The first-order valence-electron chi connectivity index (χ1n) is 6.16. The molecule has 3 nitrogen and oxygen atoms in total. The Morgan fingerprint density at radius 2 is 2.39 bits per heavy atom. The topological polar surface area (TPSA) is 33.5 Å². The summed E-state index contributed by atoms with van der Waals surface area (Å²) in [6, 6.07) is 6.17. The van der Waals surface area contributed by atoms with Gasteiger partial charge in [-0.1, -0.05) is 6.07 Å². The Balaban J connectivity index is 1.88. The van der Waals surface area contributed by atoms with Crippen molar-refractivity contribution in [3.8, 4) is 0 Å². The smallest absolute Gasteiger partial charge is 0.257 e. The molecule has 0 spiro atoms. The molecule has 1 atom stereocenters. The van der Waals surface area contributed by atoms with Crippen molar-refractivity contribution in [2.24, 2.45) is 0 Å². The lowest BCUT2D eigenvalue weighted by molar-refractivity contribution is 0.0736. The van der Waals surface area contributed by atoms with E-state index in [0.29, 0.717) is 11.3 Å². The summed E-state index contributed by atoms with van der Waals surface area (Å²) in [6.07, 6.45) is 3.72. The minimum atomic E-state index is 0.0946. The lowest BCUT2D eigenvalue weighted by Crippen LogP contribution is -2.30. The molecule has 2 aromatic rings. The SMILES string of the molecule is Cc1occc1C(=O)N1CCCC1c1cccs1. The van der Waals surface area contributed by atoms with Gasteiger partial charge in [0.15, 0.2) is 0 Å². The van der Waals surface area contributed by atoms with E-state index in [1.165, 1.54) is 4.88 Å². The van der Waals surface area contributed by atoms with Crippen molar-refractivity contribution in [2.75, 3.05) is 6.54 Å². The molecular formula is C14H15NO2S. The molecular weight excluding hydrogens is 246 g/mol. The van der Waals surface area contributed by atoms with E-state index in [4.69, 9.17) is 4.42 Å². The number of hydrogen-bond acceptors (Lipinski definition) is 3. The van der Waals surface area contributed by atoms with Crippen LogP contribution in [0, 0.1) is 6.92 Å². The quantitative estimate of drug-likeness (QED) is 0.827. The highest BCUT2D eigenvalue weighted by atomic mass is 32.1. The van der Waals surface area contributed by atoms with Crippen LogP contribution in [0.2, 0.25) is 0 Å². The molecule has 1 amide bonds. The van der Waals surface area contributed by atoms with Gasteiger partial charge in [-0.25, -0.2) is 0 Å². The molecule has 1 saturated heterocycles. The summed E-state index contributed by atoms with van der Waals surface area (Å²) >= 11 is 1.73. The molecule has 94 valence electrons. The van der Waals surface area contributed by atoms with Crippen LogP contribution in [-0.2, 0) is 0 Å². The number of furan rings is 1. The van der Waals surface area contributed by atoms with E-state index >= 15 is 0 Å². The van der Waals surface area contributed by atoms with Crippen LogP contribution in [0.3, 0.4) is 0 Å². The summed E-state index contributed by atoms with van der Waals surface area (Å²) in [5.41, 5.74) is 0.693. The molecule has 0 aliphatic carbocycles. The highest BCUT2D eigenvalue weighted by molar-refractivity contribution is 7.10. The molecule has 3 rings (SSSR count). The third-order valence-corrected chi connectivity index (χ3v) is 4.45. The number of aryl methyl sites for hydroxylation is 1. The number of likely N-dealkylation sites (tertiary alicyclic amines) is 1. The molecule has 0 bridgehead atoms. The lowest BCUT2D eigenvalue weighted by Gasteiger charge is -2.23. The van der Waals surface area contributed by atoms with Crippen LogP contribution in [0.25, 0.3) is 0 Å². The van der Waals surface area contributed by atoms with Crippen molar-refractivity contribution < 1.29 is 9.21 Å². The average Bonchev–Trinajstić information content (AvgIpc) is 3.09.